The summed E-state index contributed by atoms with van der Waals surface area (Å²) >= 11 is 0. The van der Waals surface area contributed by atoms with Gasteiger partial charge in [-0.1, -0.05) is 0 Å². The SMILES string of the molecule is C[n+]1ccc(-c2cc[n+](CCO)cc2)cc1.NC(=O)C[n+]1ccc(-c2cc[n+](CC(N)=O)cc2)cc1.[Cl-].[Cl-].[Cl-].[Cl-]. The summed E-state index contributed by atoms with van der Waals surface area (Å²) in [7, 11) is 2.00. The lowest BCUT2D eigenvalue weighted by Gasteiger charge is -2.00. The molecule has 4 aromatic rings. The maximum atomic E-state index is 10.8. The summed E-state index contributed by atoms with van der Waals surface area (Å²) in [5, 5.41) is 8.81. The lowest BCUT2D eigenvalue weighted by molar-refractivity contribution is -0.698. The number of aromatic nitrogens is 4. The summed E-state index contributed by atoms with van der Waals surface area (Å²) in [5.41, 5.74) is 14.7. The number of nitrogens with zero attached hydrogens (tertiary/aromatic N) is 4. The van der Waals surface area contributed by atoms with Gasteiger partial charge in [0.15, 0.2) is 56.1 Å². The van der Waals surface area contributed by atoms with Crippen molar-refractivity contribution in [3.63, 3.8) is 0 Å². The molecule has 13 heteroatoms. The van der Waals surface area contributed by atoms with Crippen molar-refractivity contribution < 1.29 is 82.6 Å². The largest absolute Gasteiger partial charge is 1.00 e. The van der Waals surface area contributed by atoms with E-state index >= 15 is 0 Å². The molecule has 0 unspecified atom stereocenters. The van der Waals surface area contributed by atoms with E-state index in [2.05, 4.69) is 24.3 Å². The number of primary amides is 2. The number of nitrogens with two attached hydrogens (primary N) is 2. The molecule has 0 saturated heterocycles. The lowest BCUT2D eigenvalue weighted by atomic mass is 10.1. The highest BCUT2D eigenvalue weighted by Crippen LogP contribution is 2.16. The van der Waals surface area contributed by atoms with Crippen LogP contribution in [0.2, 0.25) is 0 Å². The van der Waals surface area contributed by atoms with Gasteiger partial charge in [0.05, 0.1) is 0 Å². The summed E-state index contributed by atoms with van der Waals surface area (Å²) in [6, 6.07) is 15.9. The number of rotatable bonds is 8. The zero-order valence-corrected chi connectivity index (χ0v) is 24.8. The normalized spacial score (nSPS) is 9.25. The Labute approximate surface area is 258 Å². The molecule has 216 valence electrons. The summed E-state index contributed by atoms with van der Waals surface area (Å²) < 4.78 is 7.40. The Morgan fingerprint density at radius 1 is 0.575 bits per heavy atom. The van der Waals surface area contributed by atoms with Crippen LogP contribution < -0.4 is 79.4 Å². The van der Waals surface area contributed by atoms with Gasteiger partial charge in [-0.05, 0) is 22.3 Å². The van der Waals surface area contributed by atoms with Gasteiger partial charge in [-0.2, -0.15) is 9.13 Å². The first kappa shape index (κ1) is 38.8. The van der Waals surface area contributed by atoms with E-state index in [9.17, 15) is 9.59 Å². The van der Waals surface area contributed by atoms with Crippen LogP contribution in [0.5, 0.6) is 0 Å². The first-order chi connectivity index (χ1) is 17.3. The van der Waals surface area contributed by atoms with E-state index in [1.165, 1.54) is 11.1 Å². The van der Waals surface area contributed by atoms with Gasteiger partial charge in [0.1, 0.15) is 13.7 Å². The van der Waals surface area contributed by atoms with Crippen LogP contribution in [0.1, 0.15) is 0 Å². The second-order valence-corrected chi connectivity index (χ2v) is 8.25. The van der Waals surface area contributed by atoms with E-state index in [0.29, 0.717) is 6.54 Å². The lowest BCUT2D eigenvalue weighted by Crippen LogP contribution is -3.00. The van der Waals surface area contributed by atoms with Crippen LogP contribution in [0, 0.1) is 0 Å². The molecule has 0 aliphatic heterocycles. The average molecular weight is 630 g/mol. The van der Waals surface area contributed by atoms with Crippen molar-refractivity contribution in [3.8, 4) is 22.3 Å². The Morgan fingerprint density at radius 2 is 0.850 bits per heavy atom. The predicted octanol–water partition coefficient (Wildman–Crippen LogP) is -12.6. The minimum atomic E-state index is -0.380. The van der Waals surface area contributed by atoms with Crippen LogP contribution in [-0.2, 0) is 36.3 Å². The molecule has 4 aromatic heterocycles. The highest BCUT2D eigenvalue weighted by molar-refractivity contribution is 5.72. The van der Waals surface area contributed by atoms with Crippen LogP contribution in [0.15, 0.2) is 98.1 Å². The van der Waals surface area contributed by atoms with Crippen LogP contribution in [0.3, 0.4) is 0 Å². The maximum absolute atomic E-state index is 10.8. The third kappa shape index (κ3) is 12.7. The van der Waals surface area contributed by atoms with Gasteiger partial charge < -0.3 is 66.2 Å². The van der Waals surface area contributed by atoms with E-state index < -0.39 is 0 Å². The first-order valence-corrected chi connectivity index (χ1v) is 11.4. The zero-order valence-electron chi connectivity index (χ0n) is 21.8. The van der Waals surface area contributed by atoms with Crippen LogP contribution in [-0.4, -0.2) is 23.5 Å². The molecule has 0 fully saturated rings. The number of hydrogen-bond acceptors (Lipinski definition) is 3. The fourth-order valence-electron chi connectivity index (χ4n) is 3.48. The van der Waals surface area contributed by atoms with E-state index in [0.717, 1.165) is 11.1 Å². The second-order valence-electron chi connectivity index (χ2n) is 8.25. The van der Waals surface area contributed by atoms with Crippen molar-refractivity contribution in [3.05, 3.63) is 98.1 Å². The molecule has 4 rings (SSSR count). The molecule has 0 aromatic carbocycles. The summed E-state index contributed by atoms with van der Waals surface area (Å²) in [6.07, 6.45) is 15.2. The van der Waals surface area contributed by atoms with Crippen molar-refractivity contribution in [2.45, 2.75) is 19.6 Å². The summed E-state index contributed by atoms with van der Waals surface area (Å²) in [6.45, 7) is 1.14. The molecule has 5 N–H and O–H groups in total. The summed E-state index contributed by atoms with van der Waals surface area (Å²) in [4.78, 5) is 21.6. The fourth-order valence-corrected chi connectivity index (χ4v) is 3.48. The van der Waals surface area contributed by atoms with E-state index in [1.54, 1.807) is 33.9 Å². The molecule has 0 aliphatic rings. The van der Waals surface area contributed by atoms with Gasteiger partial charge in [0.25, 0.3) is 11.8 Å². The van der Waals surface area contributed by atoms with Crippen LogP contribution in [0.4, 0.5) is 0 Å². The third-order valence-corrected chi connectivity index (χ3v) is 5.35. The maximum Gasteiger partial charge on any atom is 0.283 e. The number of aliphatic hydroxyl groups is 1. The number of aliphatic hydroxyl groups excluding tert-OH is 1. The molecular formula is C27H32Cl4N6O3. The highest BCUT2D eigenvalue weighted by atomic mass is 35.5. The van der Waals surface area contributed by atoms with E-state index in [-0.39, 0.29) is 81.1 Å². The molecule has 4 heterocycles. The Kier molecular flexibility index (Phi) is 19.1. The van der Waals surface area contributed by atoms with Crippen molar-refractivity contribution in [1.82, 2.24) is 0 Å². The quantitative estimate of drug-likeness (QED) is 0.168. The van der Waals surface area contributed by atoms with E-state index in [1.807, 2.05) is 65.2 Å². The smallest absolute Gasteiger partial charge is 0.283 e. The minimum absolute atomic E-state index is 0. The van der Waals surface area contributed by atoms with Gasteiger partial charge in [-0.15, -0.1) is 0 Å². The third-order valence-electron chi connectivity index (χ3n) is 5.35. The molecule has 2 amide bonds. The monoisotopic (exact) mass is 628 g/mol. The fraction of sp³-hybridized carbons (Fsp3) is 0.185. The molecule has 0 bridgehead atoms. The van der Waals surface area contributed by atoms with Crippen molar-refractivity contribution in [2.75, 3.05) is 6.61 Å². The number of aryl methyl sites for hydroxylation is 1. The zero-order chi connectivity index (χ0) is 25.9. The number of pyridine rings is 4. The Bertz CT molecular complexity index is 1230. The van der Waals surface area contributed by atoms with Gasteiger partial charge in [0, 0.05) is 48.5 Å². The molecule has 0 atom stereocenters. The highest BCUT2D eigenvalue weighted by Gasteiger charge is 2.09. The molecular weight excluding hydrogens is 598 g/mol. The number of carbonyl (C=O) groups is 2. The number of halogens is 4. The topological polar surface area (TPSA) is 122 Å². The number of carbonyl (C=O) groups excluding carboxylic acids is 2. The number of hydrogen-bond donors (Lipinski definition) is 3. The molecule has 0 radical (unpaired) electrons. The van der Waals surface area contributed by atoms with Gasteiger partial charge in [-0.25, -0.2) is 9.13 Å². The number of amides is 2. The molecule has 0 saturated carbocycles. The summed E-state index contributed by atoms with van der Waals surface area (Å²) in [5.74, 6) is -0.759. The molecule has 0 spiro atoms. The Hall–Kier alpha value is -3.34. The first-order valence-electron chi connectivity index (χ1n) is 11.4. The molecule has 40 heavy (non-hydrogen) atoms. The molecule has 0 aliphatic carbocycles. The van der Waals surface area contributed by atoms with Crippen molar-refractivity contribution in [1.29, 1.82) is 0 Å². The Balaban J connectivity index is 0. The Morgan fingerprint density at radius 3 is 1.12 bits per heavy atom. The minimum Gasteiger partial charge on any atom is -1.00 e. The van der Waals surface area contributed by atoms with Gasteiger partial charge in [0.2, 0.25) is 13.1 Å². The molecule has 9 nitrogen and oxygen atoms in total. The van der Waals surface area contributed by atoms with Crippen molar-refractivity contribution >= 4 is 11.8 Å². The van der Waals surface area contributed by atoms with Gasteiger partial charge >= 0.3 is 0 Å². The predicted molar refractivity (Wildman–Crippen MR) is 131 cm³/mol. The average Bonchev–Trinajstić information content (AvgIpc) is 2.86. The van der Waals surface area contributed by atoms with Crippen molar-refractivity contribution in [2.24, 2.45) is 18.5 Å². The van der Waals surface area contributed by atoms with Crippen LogP contribution >= 0.6 is 0 Å². The van der Waals surface area contributed by atoms with Gasteiger partial charge in [-0.3, -0.25) is 9.59 Å². The standard InChI is InChI=1S/C14H14N4O2.C13H16N2O.4ClH/c15-13(19)9-17-5-1-11(2-6-17)12-3-7-18(8-4-12)10-14(16)20;1-14-6-2-12(3-7-14)13-4-8-15(9-5-13)10-11-16;;;;/h1-8H,9-10H2,(H2-2,15,16,19,20);2-9,16H,10-11H2,1H3;4*1H/q;+2;;;;/p-2. The van der Waals surface area contributed by atoms with E-state index in [4.69, 9.17) is 16.6 Å². The van der Waals surface area contributed by atoms with Crippen LogP contribution in [0.25, 0.3) is 22.3 Å². The second kappa shape index (κ2) is 19.7.